The number of carbonyl (C=O) groups is 1. The van der Waals surface area contributed by atoms with Gasteiger partial charge in [-0.1, -0.05) is 6.07 Å². The fourth-order valence-corrected chi connectivity index (χ4v) is 3.33. The molecule has 0 aliphatic carbocycles. The topological polar surface area (TPSA) is 55.2 Å². The van der Waals surface area contributed by atoms with Gasteiger partial charge in [0.2, 0.25) is 0 Å². The Hall–Kier alpha value is -2.57. The normalized spacial score (nSPS) is 17.3. The average Bonchev–Trinajstić information content (AvgIpc) is 2.64. The third-order valence-corrected chi connectivity index (χ3v) is 4.81. The van der Waals surface area contributed by atoms with Crippen molar-refractivity contribution < 1.29 is 13.6 Å². The number of amides is 1. The van der Waals surface area contributed by atoms with Crippen LogP contribution in [0.3, 0.4) is 0 Å². The molecule has 0 N–H and O–H groups in total. The summed E-state index contributed by atoms with van der Waals surface area (Å²) < 4.78 is 27.5. The van der Waals surface area contributed by atoms with E-state index in [-0.39, 0.29) is 17.2 Å². The molecule has 1 aromatic heterocycles. The number of piperidine rings is 1. The quantitative estimate of drug-likeness (QED) is 0.841. The minimum absolute atomic E-state index is 0.182. The maximum atomic E-state index is 13.3. The molecule has 2 heterocycles. The molecule has 138 valence electrons. The van der Waals surface area contributed by atoms with Crippen LogP contribution in [0, 0.1) is 17.6 Å². The predicted octanol–water partition coefficient (Wildman–Crippen LogP) is 2.54. The molecule has 3 rings (SSSR count). The lowest BCUT2D eigenvalue weighted by molar-refractivity contribution is 0.0659. The minimum atomic E-state index is -0.840. The summed E-state index contributed by atoms with van der Waals surface area (Å²) in [7, 11) is 1.51. The van der Waals surface area contributed by atoms with Crippen molar-refractivity contribution in [3.63, 3.8) is 0 Å². The van der Waals surface area contributed by atoms with Crippen molar-refractivity contribution in [3.05, 3.63) is 63.6 Å². The predicted molar refractivity (Wildman–Crippen MR) is 92.8 cm³/mol. The van der Waals surface area contributed by atoms with Crippen LogP contribution in [0.5, 0.6) is 0 Å². The third kappa shape index (κ3) is 4.15. The van der Waals surface area contributed by atoms with E-state index in [1.165, 1.54) is 25.2 Å². The first-order valence-corrected chi connectivity index (χ1v) is 8.71. The zero-order valence-electron chi connectivity index (χ0n) is 14.6. The molecule has 5 nitrogen and oxygen atoms in total. The smallest absolute Gasteiger partial charge is 0.274 e. The number of aromatic nitrogens is 2. The molecule has 1 fully saturated rings. The lowest BCUT2D eigenvalue weighted by Gasteiger charge is -2.32. The molecule has 2 aromatic rings. The Labute approximate surface area is 150 Å². The Morgan fingerprint density at radius 3 is 2.77 bits per heavy atom. The number of aryl methyl sites for hydroxylation is 2. The van der Waals surface area contributed by atoms with Gasteiger partial charge >= 0.3 is 0 Å². The molecule has 26 heavy (non-hydrogen) atoms. The Bertz CT molecular complexity index is 866. The second-order valence-electron chi connectivity index (χ2n) is 6.73. The van der Waals surface area contributed by atoms with Crippen LogP contribution in [0.15, 0.2) is 35.1 Å². The van der Waals surface area contributed by atoms with Gasteiger partial charge in [-0.2, -0.15) is 5.10 Å². The summed E-state index contributed by atoms with van der Waals surface area (Å²) in [6.07, 6.45) is 3.33. The van der Waals surface area contributed by atoms with Gasteiger partial charge in [-0.15, -0.1) is 0 Å². The second kappa shape index (κ2) is 7.76. The number of halogens is 2. The molecule has 1 aliphatic rings. The van der Waals surface area contributed by atoms with Crippen LogP contribution in [0.4, 0.5) is 8.78 Å². The highest BCUT2D eigenvalue weighted by Crippen LogP contribution is 2.23. The van der Waals surface area contributed by atoms with Gasteiger partial charge in [0.1, 0.15) is 5.69 Å². The van der Waals surface area contributed by atoms with Crippen LogP contribution in [0.1, 0.15) is 35.3 Å². The second-order valence-corrected chi connectivity index (χ2v) is 6.73. The summed E-state index contributed by atoms with van der Waals surface area (Å²) in [5.41, 5.74) is 0.755. The molecule has 1 aromatic carbocycles. The molecule has 7 heteroatoms. The van der Waals surface area contributed by atoms with Crippen molar-refractivity contribution in [2.75, 3.05) is 13.1 Å². The molecule has 0 unspecified atom stereocenters. The van der Waals surface area contributed by atoms with E-state index in [1.807, 2.05) is 0 Å². The number of rotatable bonds is 4. The highest BCUT2D eigenvalue weighted by molar-refractivity contribution is 5.92. The zero-order chi connectivity index (χ0) is 18.7. The maximum absolute atomic E-state index is 13.3. The van der Waals surface area contributed by atoms with Crippen LogP contribution >= 0.6 is 0 Å². The highest BCUT2D eigenvalue weighted by Gasteiger charge is 2.25. The van der Waals surface area contributed by atoms with Gasteiger partial charge in [0.05, 0.1) is 0 Å². The molecule has 0 saturated carbocycles. The van der Waals surface area contributed by atoms with E-state index < -0.39 is 11.6 Å². The van der Waals surface area contributed by atoms with E-state index in [1.54, 1.807) is 11.0 Å². The van der Waals surface area contributed by atoms with Crippen molar-refractivity contribution in [2.24, 2.45) is 13.0 Å². The van der Waals surface area contributed by atoms with Gasteiger partial charge in [0, 0.05) is 26.2 Å². The third-order valence-electron chi connectivity index (χ3n) is 4.81. The van der Waals surface area contributed by atoms with Crippen LogP contribution in [-0.4, -0.2) is 33.7 Å². The Morgan fingerprint density at radius 1 is 1.23 bits per heavy atom. The highest BCUT2D eigenvalue weighted by atomic mass is 19.2. The van der Waals surface area contributed by atoms with E-state index >= 15 is 0 Å². The summed E-state index contributed by atoms with van der Waals surface area (Å²) >= 11 is 0. The van der Waals surface area contributed by atoms with Gasteiger partial charge in [0.15, 0.2) is 11.6 Å². The van der Waals surface area contributed by atoms with E-state index in [2.05, 4.69) is 5.10 Å². The van der Waals surface area contributed by atoms with Gasteiger partial charge in [-0.3, -0.25) is 9.59 Å². The van der Waals surface area contributed by atoms with Crippen LogP contribution in [0.2, 0.25) is 0 Å². The van der Waals surface area contributed by atoms with Gasteiger partial charge in [-0.05, 0) is 55.4 Å². The lowest BCUT2D eigenvalue weighted by atomic mass is 9.91. The van der Waals surface area contributed by atoms with E-state index in [0.717, 1.165) is 35.6 Å². The molecule has 0 radical (unpaired) electrons. The number of likely N-dealkylation sites (tertiary alicyclic amines) is 1. The van der Waals surface area contributed by atoms with Crippen LogP contribution in [0.25, 0.3) is 0 Å². The first kappa shape index (κ1) is 18.2. The molecule has 1 aliphatic heterocycles. The molecule has 0 spiro atoms. The Balaban J connectivity index is 1.61. The van der Waals surface area contributed by atoms with Gasteiger partial charge in [-0.25, -0.2) is 13.5 Å². The van der Waals surface area contributed by atoms with Crippen LogP contribution < -0.4 is 5.56 Å². The van der Waals surface area contributed by atoms with E-state index in [4.69, 9.17) is 0 Å². The number of hydrogen-bond acceptors (Lipinski definition) is 3. The van der Waals surface area contributed by atoms with Crippen molar-refractivity contribution in [2.45, 2.75) is 25.7 Å². The molecule has 1 atom stereocenters. The Morgan fingerprint density at radius 2 is 2.04 bits per heavy atom. The average molecular weight is 361 g/mol. The minimum Gasteiger partial charge on any atom is -0.337 e. The van der Waals surface area contributed by atoms with Gasteiger partial charge in [0.25, 0.3) is 11.5 Å². The van der Waals surface area contributed by atoms with Crippen molar-refractivity contribution in [1.29, 1.82) is 0 Å². The van der Waals surface area contributed by atoms with Crippen molar-refractivity contribution >= 4 is 5.91 Å². The number of benzene rings is 1. The van der Waals surface area contributed by atoms with E-state index in [9.17, 15) is 18.4 Å². The molecule has 1 amide bonds. The fourth-order valence-electron chi connectivity index (χ4n) is 3.33. The lowest BCUT2D eigenvalue weighted by Crippen LogP contribution is -2.41. The monoisotopic (exact) mass is 361 g/mol. The standard InChI is InChI=1S/C19H21F2N3O2/c1-23-18(25)9-8-17(22-23)19(26)24-10-2-3-14(12-24)5-4-13-6-7-15(20)16(21)11-13/h6-9,11,14H,2-5,10,12H2,1H3/t14-/m0/s1. The van der Waals surface area contributed by atoms with Crippen molar-refractivity contribution in [1.82, 2.24) is 14.7 Å². The SMILES string of the molecule is Cn1nc(C(=O)N2CCC[C@@H](CCc3ccc(F)c(F)c3)C2)ccc1=O. The summed E-state index contributed by atoms with van der Waals surface area (Å²) in [5.74, 6) is -1.55. The van der Waals surface area contributed by atoms with E-state index in [0.29, 0.717) is 25.4 Å². The first-order chi connectivity index (χ1) is 12.4. The summed E-state index contributed by atoms with van der Waals surface area (Å²) in [6, 6.07) is 6.76. The van der Waals surface area contributed by atoms with Crippen molar-refractivity contribution in [3.8, 4) is 0 Å². The molecule has 0 bridgehead atoms. The Kier molecular flexibility index (Phi) is 5.44. The largest absolute Gasteiger partial charge is 0.337 e. The molecular formula is C19H21F2N3O2. The fraction of sp³-hybridized carbons (Fsp3) is 0.421. The zero-order valence-corrected chi connectivity index (χ0v) is 14.6. The molecular weight excluding hydrogens is 340 g/mol. The van der Waals surface area contributed by atoms with Gasteiger partial charge < -0.3 is 4.90 Å². The maximum Gasteiger partial charge on any atom is 0.274 e. The number of nitrogens with zero attached hydrogens (tertiary/aromatic N) is 3. The summed E-state index contributed by atoms with van der Waals surface area (Å²) in [6.45, 7) is 1.26. The number of carbonyl (C=O) groups excluding carboxylic acids is 1. The summed E-state index contributed by atoms with van der Waals surface area (Å²) in [5, 5.41) is 4.02. The van der Waals surface area contributed by atoms with Crippen LogP contribution in [-0.2, 0) is 13.5 Å². The first-order valence-electron chi connectivity index (χ1n) is 8.71. The number of hydrogen-bond donors (Lipinski definition) is 0. The summed E-state index contributed by atoms with van der Waals surface area (Å²) in [4.78, 5) is 25.8. The molecule has 1 saturated heterocycles.